The highest BCUT2D eigenvalue weighted by molar-refractivity contribution is 6.09. The van der Waals surface area contributed by atoms with E-state index in [1.54, 1.807) is 12.1 Å². The minimum Gasteiger partial charge on any atom is -0.326 e. The van der Waals surface area contributed by atoms with Gasteiger partial charge in [0.2, 0.25) is 5.91 Å². The number of hydrogen-bond donors (Lipinski definition) is 1. The zero-order valence-corrected chi connectivity index (χ0v) is 11.4. The van der Waals surface area contributed by atoms with Crippen LogP contribution in [0, 0.1) is 5.82 Å². The van der Waals surface area contributed by atoms with E-state index >= 15 is 0 Å². The molecule has 1 heterocycles. The fraction of sp³-hybridized carbons (Fsp3) is 0.176. The second kappa shape index (κ2) is 5.48. The standard InChI is InChI=1S/C17H14FNO2/c18-14-7-4-11(5-8-14)17(21)13-6-9-15-12(10-13)2-1-3-16(20)19-15/h4-10H,1-3H2,(H,19,20). The van der Waals surface area contributed by atoms with Gasteiger partial charge in [-0.1, -0.05) is 0 Å². The highest BCUT2D eigenvalue weighted by Gasteiger charge is 2.16. The van der Waals surface area contributed by atoms with Gasteiger partial charge < -0.3 is 5.32 Å². The van der Waals surface area contributed by atoms with Crippen LogP contribution in [0.5, 0.6) is 0 Å². The first-order valence-corrected chi connectivity index (χ1v) is 6.86. The number of carbonyl (C=O) groups excluding carboxylic acids is 2. The number of ketones is 1. The van der Waals surface area contributed by atoms with Gasteiger partial charge in [-0.25, -0.2) is 4.39 Å². The zero-order valence-electron chi connectivity index (χ0n) is 11.4. The summed E-state index contributed by atoms with van der Waals surface area (Å²) in [6, 6.07) is 10.8. The summed E-state index contributed by atoms with van der Waals surface area (Å²) in [7, 11) is 0. The van der Waals surface area contributed by atoms with Gasteiger partial charge in [-0.15, -0.1) is 0 Å². The van der Waals surface area contributed by atoms with E-state index < -0.39 is 0 Å². The van der Waals surface area contributed by atoms with Gasteiger partial charge in [-0.2, -0.15) is 0 Å². The van der Waals surface area contributed by atoms with Gasteiger partial charge in [-0.05, 0) is 60.9 Å². The molecule has 3 nitrogen and oxygen atoms in total. The molecule has 1 N–H and O–H groups in total. The van der Waals surface area contributed by atoms with Gasteiger partial charge in [0.05, 0.1) is 0 Å². The van der Waals surface area contributed by atoms with Gasteiger partial charge in [0.25, 0.3) is 0 Å². The minimum absolute atomic E-state index is 0.00589. The molecular weight excluding hydrogens is 269 g/mol. The van der Waals surface area contributed by atoms with Crippen molar-refractivity contribution in [2.45, 2.75) is 19.3 Å². The second-order valence-corrected chi connectivity index (χ2v) is 5.11. The molecule has 4 heteroatoms. The molecule has 0 unspecified atom stereocenters. The number of nitrogens with one attached hydrogen (secondary N) is 1. The molecule has 0 saturated carbocycles. The Morgan fingerprint density at radius 1 is 1.00 bits per heavy atom. The van der Waals surface area contributed by atoms with Crippen molar-refractivity contribution in [3.05, 3.63) is 65.0 Å². The molecule has 0 radical (unpaired) electrons. The second-order valence-electron chi connectivity index (χ2n) is 5.11. The Morgan fingerprint density at radius 2 is 1.71 bits per heavy atom. The number of anilines is 1. The highest BCUT2D eigenvalue weighted by atomic mass is 19.1. The van der Waals surface area contributed by atoms with Crippen LogP contribution in [0.25, 0.3) is 0 Å². The van der Waals surface area contributed by atoms with Crippen LogP contribution in [0.2, 0.25) is 0 Å². The minimum atomic E-state index is -0.365. The lowest BCUT2D eigenvalue weighted by molar-refractivity contribution is -0.116. The van der Waals surface area contributed by atoms with E-state index in [4.69, 9.17) is 0 Å². The van der Waals surface area contributed by atoms with E-state index in [1.807, 2.05) is 6.07 Å². The first-order valence-electron chi connectivity index (χ1n) is 6.86. The summed E-state index contributed by atoms with van der Waals surface area (Å²) in [5.41, 5.74) is 2.74. The molecule has 2 aromatic carbocycles. The monoisotopic (exact) mass is 283 g/mol. The predicted octanol–water partition coefficient (Wildman–Crippen LogP) is 3.33. The Bertz CT molecular complexity index is 707. The van der Waals surface area contributed by atoms with E-state index in [2.05, 4.69) is 5.32 Å². The van der Waals surface area contributed by atoms with Gasteiger partial charge >= 0.3 is 0 Å². The molecule has 0 aliphatic carbocycles. The molecule has 21 heavy (non-hydrogen) atoms. The maximum absolute atomic E-state index is 12.9. The van der Waals surface area contributed by atoms with Crippen molar-refractivity contribution in [1.29, 1.82) is 0 Å². The number of halogens is 1. The molecule has 0 spiro atoms. The largest absolute Gasteiger partial charge is 0.326 e. The number of rotatable bonds is 2. The van der Waals surface area contributed by atoms with Crippen LogP contribution in [0.4, 0.5) is 10.1 Å². The Hall–Kier alpha value is -2.49. The molecule has 0 saturated heterocycles. The van der Waals surface area contributed by atoms with Crippen molar-refractivity contribution >= 4 is 17.4 Å². The van der Waals surface area contributed by atoms with Crippen LogP contribution in [0.3, 0.4) is 0 Å². The number of amides is 1. The zero-order chi connectivity index (χ0) is 14.8. The third kappa shape index (κ3) is 2.84. The van der Waals surface area contributed by atoms with Crippen LogP contribution in [0.1, 0.15) is 34.3 Å². The first-order chi connectivity index (χ1) is 10.1. The number of carbonyl (C=O) groups is 2. The Kier molecular flexibility index (Phi) is 3.52. The molecule has 1 aliphatic heterocycles. The normalized spacial score (nSPS) is 14.0. The fourth-order valence-corrected chi connectivity index (χ4v) is 2.48. The van der Waals surface area contributed by atoms with Crippen molar-refractivity contribution in [2.24, 2.45) is 0 Å². The lowest BCUT2D eigenvalue weighted by Gasteiger charge is -2.09. The van der Waals surface area contributed by atoms with E-state index in [0.717, 1.165) is 24.1 Å². The molecule has 0 atom stereocenters. The average Bonchev–Trinajstić information content (AvgIpc) is 2.67. The lowest BCUT2D eigenvalue weighted by Crippen LogP contribution is -2.09. The predicted molar refractivity (Wildman–Crippen MR) is 77.8 cm³/mol. The van der Waals surface area contributed by atoms with E-state index in [-0.39, 0.29) is 17.5 Å². The van der Waals surface area contributed by atoms with Crippen molar-refractivity contribution < 1.29 is 14.0 Å². The van der Waals surface area contributed by atoms with Crippen molar-refractivity contribution in [2.75, 3.05) is 5.32 Å². The van der Waals surface area contributed by atoms with Crippen LogP contribution in [0.15, 0.2) is 42.5 Å². The van der Waals surface area contributed by atoms with Gasteiger partial charge in [0, 0.05) is 23.2 Å². The SMILES string of the molecule is O=C1CCCc2cc(C(=O)c3ccc(F)cc3)ccc2N1. The summed E-state index contributed by atoms with van der Waals surface area (Å²) in [6.07, 6.45) is 2.03. The molecule has 0 bridgehead atoms. The lowest BCUT2D eigenvalue weighted by atomic mass is 9.98. The first kappa shape index (κ1) is 13.5. The Balaban J connectivity index is 1.93. The third-order valence-electron chi connectivity index (χ3n) is 3.60. The van der Waals surface area contributed by atoms with Gasteiger partial charge in [0.15, 0.2) is 5.78 Å². The molecule has 1 amide bonds. The van der Waals surface area contributed by atoms with E-state index in [0.29, 0.717) is 17.5 Å². The molecule has 0 aromatic heterocycles. The van der Waals surface area contributed by atoms with Crippen LogP contribution in [-0.4, -0.2) is 11.7 Å². The maximum Gasteiger partial charge on any atom is 0.224 e. The van der Waals surface area contributed by atoms with Crippen LogP contribution < -0.4 is 5.32 Å². The summed E-state index contributed by atoms with van der Waals surface area (Å²) in [5, 5.41) is 2.84. The molecule has 3 rings (SSSR count). The Morgan fingerprint density at radius 3 is 2.48 bits per heavy atom. The fourth-order valence-electron chi connectivity index (χ4n) is 2.48. The number of aryl methyl sites for hydroxylation is 1. The van der Waals surface area contributed by atoms with E-state index in [1.165, 1.54) is 24.3 Å². The molecule has 106 valence electrons. The van der Waals surface area contributed by atoms with Crippen molar-refractivity contribution in [3.8, 4) is 0 Å². The van der Waals surface area contributed by atoms with E-state index in [9.17, 15) is 14.0 Å². The average molecular weight is 283 g/mol. The van der Waals surface area contributed by atoms with Crippen molar-refractivity contribution in [1.82, 2.24) is 0 Å². The third-order valence-corrected chi connectivity index (χ3v) is 3.60. The molecule has 2 aromatic rings. The quantitative estimate of drug-likeness (QED) is 0.859. The number of benzene rings is 2. The number of hydrogen-bond acceptors (Lipinski definition) is 2. The maximum atomic E-state index is 12.9. The topological polar surface area (TPSA) is 46.2 Å². The smallest absolute Gasteiger partial charge is 0.224 e. The van der Waals surface area contributed by atoms with Crippen molar-refractivity contribution in [3.63, 3.8) is 0 Å². The molecule has 0 fully saturated rings. The summed E-state index contributed by atoms with van der Waals surface area (Å²) in [4.78, 5) is 23.9. The highest BCUT2D eigenvalue weighted by Crippen LogP contribution is 2.24. The summed E-state index contributed by atoms with van der Waals surface area (Å²) in [5.74, 6) is -0.504. The van der Waals surface area contributed by atoms with Gasteiger partial charge in [-0.3, -0.25) is 9.59 Å². The summed E-state index contributed by atoms with van der Waals surface area (Å²) < 4.78 is 12.9. The molecule has 1 aliphatic rings. The summed E-state index contributed by atoms with van der Waals surface area (Å²) in [6.45, 7) is 0. The van der Waals surface area contributed by atoms with Crippen LogP contribution in [-0.2, 0) is 11.2 Å². The number of fused-ring (bicyclic) bond motifs is 1. The Labute approximate surface area is 121 Å². The molecular formula is C17H14FNO2. The van der Waals surface area contributed by atoms with Gasteiger partial charge in [0.1, 0.15) is 5.82 Å². The summed E-state index contributed by atoms with van der Waals surface area (Å²) >= 11 is 0. The van der Waals surface area contributed by atoms with Crippen LogP contribution >= 0.6 is 0 Å².